The summed E-state index contributed by atoms with van der Waals surface area (Å²) < 4.78 is 0. The van der Waals surface area contributed by atoms with Gasteiger partial charge in [0.1, 0.15) is 0 Å². The third-order valence-electron chi connectivity index (χ3n) is 3.32. The van der Waals surface area contributed by atoms with Crippen LogP contribution < -0.4 is 10.2 Å². The van der Waals surface area contributed by atoms with E-state index in [2.05, 4.69) is 27.2 Å². The highest BCUT2D eigenvalue weighted by molar-refractivity contribution is 6.28. The normalized spacial score (nSPS) is 20.6. The number of anilines is 2. The lowest BCUT2D eigenvalue weighted by molar-refractivity contribution is 0.136. The van der Waals surface area contributed by atoms with Gasteiger partial charge in [-0.1, -0.05) is 6.92 Å². The first-order valence-corrected chi connectivity index (χ1v) is 7.06. The standard InChI is InChI=1S/C12H20ClN5O/c1-3-5-14-11-15-10(13)16-12(17-11)18-6-4-9(7-18)8(2)19/h8-9,19H,3-7H2,1-2H3,(H,14,15,16,17). The molecule has 106 valence electrons. The fraction of sp³-hybridized carbons (Fsp3) is 0.750. The minimum absolute atomic E-state index is 0.198. The topological polar surface area (TPSA) is 74.2 Å². The average molecular weight is 286 g/mol. The van der Waals surface area contributed by atoms with Gasteiger partial charge in [-0.3, -0.25) is 0 Å². The lowest BCUT2D eigenvalue weighted by atomic mass is 10.0. The zero-order chi connectivity index (χ0) is 13.8. The second-order valence-electron chi connectivity index (χ2n) is 4.89. The number of halogens is 1. The van der Waals surface area contributed by atoms with E-state index in [9.17, 15) is 5.11 Å². The van der Waals surface area contributed by atoms with Gasteiger partial charge in [0, 0.05) is 25.6 Å². The van der Waals surface area contributed by atoms with Crippen LogP contribution >= 0.6 is 11.6 Å². The van der Waals surface area contributed by atoms with Crippen molar-refractivity contribution in [2.24, 2.45) is 5.92 Å². The number of aromatic nitrogens is 3. The fourth-order valence-corrected chi connectivity index (χ4v) is 2.32. The summed E-state index contributed by atoms with van der Waals surface area (Å²) in [4.78, 5) is 14.6. The molecule has 7 heteroatoms. The van der Waals surface area contributed by atoms with Crippen LogP contribution in [0.25, 0.3) is 0 Å². The van der Waals surface area contributed by atoms with Crippen molar-refractivity contribution in [1.29, 1.82) is 0 Å². The van der Waals surface area contributed by atoms with Crippen molar-refractivity contribution in [3.05, 3.63) is 5.28 Å². The second kappa shape index (κ2) is 6.34. The minimum Gasteiger partial charge on any atom is -0.393 e. The maximum Gasteiger partial charge on any atom is 0.231 e. The van der Waals surface area contributed by atoms with Crippen molar-refractivity contribution in [3.63, 3.8) is 0 Å². The molecule has 6 nitrogen and oxygen atoms in total. The molecule has 0 aromatic carbocycles. The molecule has 1 saturated heterocycles. The Bertz CT molecular complexity index is 429. The van der Waals surface area contributed by atoms with Crippen LogP contribution in [0.15, 0.2) is 0 Å². The van der Waals surface area contributed by atoms with Gasteiger partial charge in [0.05, 0.1) is 6.10 Å². The minimum atomic E-state index is -0.306. The maximum atomic E-state index is 9.62. The van der Waals surface area contributed by atoms with E-state index in [1.807, 2.05) is 11.8 Å². The summed E-state index contributed by atoms with van der Waals surface area (Å²) in [6, 6.07) is 0. The van der Waals surface area contributed by atoms with Gasteiger partial charge in [0.25, 0.3) is 0 Å². The Kier molecular flexibility index (Phi) is 4.76. The SMILES string of the molecule is CCCNc1nc(Cl)nc(N2CCC(C(C)O)C2)n1. The maximum absolute atomic E-state index is 9.62. The fourth-order valence-electron chi connectivity index (χ4n) is 2.16. The molecule has 1 aromatic rings. The van der Waals surface area contributed by atoms with Crippen LogP contribution in [0, 0.1) is 5.92 Å². The second-order valence-corrected chi connectivity index (χ2v) is 5.23. The predicted molar refractivity (Wildman–Crippen MR) is 75.6 cm³/mol. The molecule has 1 aliphatic heterocycles. The van der Waals surface area contributed by atoms with Gasteiger partial charge in [-0.2, -0.15) is 15.0 Å². The molecule has 2 N–H and O–H groups in total. The summed E-state index contributed by atoms with van der Waals surface area (Å²) in [7, 11) is 0. The van der Waals surface area contributed by atoms with Crippen LogP contribution in [0.1, 0.15) is 26.7 Å². The van der Waals surface area contributed by atoms with E-state index < -0.39 is 0 Å². The van der Waals surface area contributed by atoms with Crippen LogP contribution in [0.2, 0.25) is 5.28 Å². The number of aliphatic hydroxyl groups excluding tert-OH is 1. The van der Waals surface area contributed by atoms with E-state index in [1.165, 1.54) is 0 Å². The Morgan fingerprint density at radius 2 is 2.26 bits per heavy atom. The molecule has 0 bridgehead atoms. The average Bonchev–Trinajstić information content (AvgIpc) is 2.85. The van der Waals surface area contributed by atoms with Gasteiger partial charge in [0.2, 0.25) is 17.2 Å². The van der Waals surface area contributed by atoms with Crippen molar-refractivity contribution in [2.45, 2.75) is 32.8 Å². The van der Waals surface area contributed by atoms with E-state index in [0.717, 1.165) is 32.5 Å². The molecular formula is C12H20ClN5O. The highest BCUT2D eigenvalue weighted by Gasteiger charge is 2.28. The van der Waals surface area contributed by atoms with Crippen molar-refractivity contribution < 1.29 is 5.11 Å². The van der Waals surface area contributed by atoms with E-state index >= 15 is 0 Å². The Morgan fingerprint density at radius 3 is 2.89 bits per heavy atom. The molecule has 2 unspecified atom stereocenters. The van der Waals surface area contributed by atoms with Crippen molar-refractivity contribution in [2.75, 3.05) is 29.9 Å². The number of nitrogens with one attached hydrogen (secondary N) is 1. The lowest BCUT2D eigenvalue weighted by Crippen LogP contribution is -2.26. The summed E-state index contributed by atoms with van der Waals surface area (Å²) in [5.41, 5.74) is 0. The Labute approximate surface area is 118 Å². The molecule has 0 spiro atoms. The number of hydrogen-bond donors (Lipinski definition) is 2. The number of rotatable bonds is 5. The molecule has 1 fully saturated rings. The smallest absolute Gasteiger partial charge is 0.231 e. The van der Waals surface area contributed by atoms with Crippen LogP contribution in [-0.2, 0) is 0 Å². The van der Waals surface area contributed by atoms with Crippen LogP contribution in [0.5, 0.6) is 0 Å². The van der Waals surface area contributed by atoms with Crippen molar-refractivity contribution in [1.82, 2.24) is 15.0 Å². The van der Waals surface area contributed by atoms with Gasteiger partial charge in [0.15, 0.2) is 0 Å². The summed E-state index contributed by atoms with van der Waals surface area (Å²) >= 11 is 5.93. The summed E-state index contributed by atoms with van der Waals surface area (Å²) in [6.07, 6.45) is 1.63. The molecule has 1 aromatic heterocycles. The van der Waals surface area contributed by atoms with Crippen LogP contribution in [0.3, 0.4) is 0 Å². The molecule has 0 radical (unpaired) electrons. The molecular weight excluding hydrogens is 266 g/mol. The molecule has 2 heterocycles. The predicted octanol–water partition coefficient (Wildman–Crippen LogP) is 1.55. The summed E-state index contributed by atoms with van der Waals surface area (Å²) in [6.45, 7) is 6.29. The van der Waals surface area contributed by atoms with Gasteiger partial charge in [-0.05, 0) is 31.4 Å². The van der Waals surface area contributed by atoms with E-state index in [4.69, 9.17) is 11.6 Å². The molecule has 0 amide bonds. The first-order chi connectivity index (χ1) is 9.10. The van der Waals surface area contributed by atoms with Crippen LogP contribution in [0.4, 0.5) is 11.9 Å². The number of nitrogens with zero attached hydrogens (tertiary/aromatic N) is 4. The Morgan fingerprint density at radius 1 is 1.47 bits per heavy atom. The Hall–Kier alpha value is -1.14. The molecule has 0 saturated carbocycles. The van der Waals surface area contributed by atoms with Gasteiger partial charge in [-0.15, -0.1) is 0 Å². The van der Waals surface area contributed by atoms with E-state index in [0.29, 0.717) is 11.9 Å². The van der Waals surface area contributed by atoms with Gasteiger partial charge >= 0.3 is 0 Å². The van der Waals surface area contributed by atoms with Crippen molar-refractivity contribution in [3.8, 4) is 0 Å². The Balaban J connectivity index is 2.09. The van der Waals surface area contributed by atoms with Crippen molar-refractivity contribution >= 4 is 23.5 Å². The highest BCUT2D eigenvalue weighted by Crippen LogP contribution is 2.24. The quantitative estimate of drug-likeness (QED) is 0.855. The monoisotopic (exact) mass is 285 g/mol. The molecule has 2 atom stereocenters. The zero-order valence-corrected chi connectivity index (χ0v) is 12.1. The van der Waals surface area contributed by atoms with Gasteiger partial charge in [-0.25, -0.2) is 0 Å². The molecule has 19 heavy (non-hydrogen) atoms. The molecule has 0 aliphatic carbocycles. The summed E-state index contributed by atoms with van der Waals surface area (Å²) in [5, 5.41) is 12.9. The zero-order valence-electron chi connectivity index (χ0n) is 11.3. The van der Waals surface area contributed by atoms with E-state index in [1.54, 1.807) is 0 Å². The van der Waals surface area contributed by atoms with Crippen LogP contribution in [-0.4, -0.2) is 45.8 Å². The summed E-state index contributed by atoms with van der Waals surface area (Å²) in [5.74, 6) is 1.36. The number of aliphatic hydroxyl groups is 1. The van der Waals surface area contributed by atoms with Gasteiger partial charge < -0.3 is 15.3 Å². The third-order valence-corrected chi connectivity index (χ3v) is 3.49. The number of hydrogen-bond acceptors (Lipinski definition) is 6. The molecule has 1 aliphatic rings. The first-order valence-electron chi connectivity index (χ1n) is 6.68. The highest BCUT2D eigenvalue weighted by atomic mass is 35.5. The molecule has 2 rings (SSSR count). The lowest BCUT2D eigenvalue weighted by Gasteiger charge is -2.18. The largest absolute Gasteiger partial charge is 0.393 e. The first kappa shape index (κ1) is 14.3. The van der Waals surface area contributed by atoms with E-state index in [-0.39, 0.29) is 17.3 Å². The third kappa shape index (κ3) is 3.67.